The van der Waals surface area contributed by atoms with Crippen LogP contribution in [0.3, 0.4) is 0 Å². The average Bonchev–Trinajstić information content (AvgIpc) is 2.46. The van der Waals surface area contributed by atoms with Crippen molar-refractivity contribution in [3.63, 3.8) is 0 Å². The van der Waals surface area contributed by atoms with Crippen LogP contribution in [0.5, 0.6) is 0 Å². The predicted octanol–water partition coefficient (Wildman–Crippen LogP) is 2.76. The number of hydrogen-bond acceptors (Lipinski definition) is 5. The van der Waals surface area contributed by atoms with E-state index in [-0.39, 0.29) is 5.92 Å². The maximum absolute atomic E-state index is 8.32. The standard InChI is InChI=1S/C18H17N5/c19-16(14-10-20-11-14)17-18(22-9-8-21-17)23-15-6-4-13(5-7-15)12-2-1-3-12/h1-9,14,19-20H,10-11H2,(H,22,23). The molecular formula is C18H17N5. The van der Waals surface area contributed by atoms with Gasteiger partial charge in [-0.1, -0.05) is 30.4 Å². The summed E-state index contributed by atoms with van der Waals surface area (Å²) in [7, 11) is 0. The number of nitrogens with one attached hydrogen (secondary N) is 3. The minimum Gasteiger partial charge on any atom is -0.338 e. The summed E-state index contributed by atoms with van der Waals surface area (Å²) < 4.78 is 0. The van der Waals surface area contributed by atoms with Crippen molar-refractivity contribution in [2.75, 3.05) is 18.4 Å². The first-order chi connectivity index (χ1) is 11.3. The van der Waals surface area contributed by atoms with E-state index < -0.39 is 0 Å². The molecule has 1 aromatic heterocycles. The van der Waals surface area contributed by atoms with Crippen LogP contribution in [0.15, 0.2) is 54.9 Å². The normalized spacial score (nSPS) is 16.3. The van der Waals surface area contributed by atoms with Crippen LogP contribution < -0.4 is 10.6 Å². The number of hydrogen-bond donors (Lipinski definition) is 3. The molecule has 2 aromatic rings. The number of nitrogens with zero attached hydrogens (tertiary/aromatic N) is 2. The molecule has 5 nitrogen and oxygen atoms in total. The highest BCUT2D eigenvalue weighted by atomic mass is 15.0. The summed E-state index contributed by atoms with van der Waals surface area (Å²) in [5.74, 6) is 0.867. The van der Waals surface area contributed by atoms with Crippen molar-refractivity contribution < 1.29 is 0 Å². The minimum atomic E-state index is 0.229. The molecule has 2 heterocycles. The fourth-order valence-electron chi connectivity index (χ4n) is 2.58. The molecule has 4 rings (SSSR count). The molecule has 0 bridgehead atoms. The van der Waals surface area contributed by atoms with E-state index in [9.17, 15) is 0 Å². The lowest BCUT2D eigenvalue weighted by atomic mass is 9.95. The first-order valence-corrected chi connectivity index (χ1v) is 7.67. The summed E-state index contributed by atoms with van der Waals surface area (Å²) in [6, 6.07) is 8.20. The largest absolute Gasteiger partial charge is 0.338 e. The Hall–Kier alpha value is -2.79. The fourth-order valence-corrected chi connectivity index (χ4v) is 2.58. The van der Waals surface area contributed by atoms with Gasteiger partial charge in [-0.15, -0.1) is 0 Å². The molecule has 1 aliphatic heterocycles. The van der Waals surface area contributed by atoms with Gasteiger partial charge < -0.3 is 16.0 Å². The van der Waals surface area contributed by atoms with Gasteiger partial charge in [0.1, 0.15) is 5.69 Å². The van der Waals surface area contributed by atoms with Crippen LogP contribution >= 0.6 is 0 Å². The van der Waals surface area contributed by atoms with Gasteiger partial charge >= 0.3 is 0 Å². The summed E-state index contributed by atoms with van der Waals surface area (Å²) in [6.45, 7) is 1.68. The zero-order valence-corrected chi connectivity index (χ0v) is 12.6. The van der Waals surface area contributed by atoms with Gasteiger partial charge in [-0.25, -0.2) is 9.97 Å². The smallest absolute Gasteiger partial charge is 0.158 e. The molecule has 1 aromatic carbocycles. The molecule has 0 unspecified atom stereocenters. The van der Waals surface area contributed by atoms with Gasteiger partial charge in [0.05, 0.1) is 5.71 Å². The van der Waals surface area contributed by atoms with E-state index in [1.165, 1.54) is 11.1 Å². The van der Waals surface area contributed by atoms with Crippen LogP contribution in [0, 0.1) is 11.3 Å². The van der Waals surface area contributed by atoms with Gasteiger partial charge in [-0.3, -0.25) is 0 Å². The number of rotatable bonds is 5. The van der Waals surface area contributed by atoms with Gasteiger partial charge in [0.25, 0.3) is 0 Å². The second-order valence-electron chi connectivity index (χ2n) is 5.71. The molecule has 1 saturated heterocycles. The first-order valence-electron chi connectivity index (χ1n) is 7.67. The van der Waals surface area contributed by atoms with Crippen LogP contribution in [0.1, 0.15) is 11.3 Å². The van der Waals surface area contributed by atoms with E-state index >= 15 is 0 Å². The lowest BCUT2D eigenvalue weighted by molar-refractivity contribution is 0.442. The summed E-state index contributed by atoms with van der Waals surface area (Å²) in [5.41, 5.74) is 4.56. The molecule has 0 spiro atoms. The predicted molar refractivity (Wildman–Crippen MR) is 92.1 cm³/mol. The average molecular weight is 303 g/mol. The monoisotopic (exact) mass is 303 g/mol. The van der Waals surface area contributed by atoms with E-state index in [2.05, 4.69) is 44.9 Å². The molecule has 2 aliphatic rings. The second-order valence-corrected chi connectivity index (χ2v) is 5.71. The van der Waals surface area contributed by atoms with E-state index in [1.807, 2.05) is 18.2 Å². The Bertz CT molecular complexity index is 800. The number of benzene rings is 1. The molecule has 1 aliphatic carbocycles. The lowest BCUT2D eigenvalue weighted by Crippen LogP contribution is -2.46. The van der Waals surface area contributed by atoms with Crippen LogP contribution in [-0.2, 0) is 0 Å². The third-order valence-electron chi connectivity index (χ3n) is 4.18. The Balaban J connectivity index is 1.55. The maximum atomic E-state index is 8.32. The molecule has 0 saturated carbocycles. The number of anilines is 2. The highest BCUT2D eigenvalue weighted by Crippen LogP contribution is 2.25. The molecular weight excluding hydrogens is 286 g/mol. The molecule has 23 heavy (non-hydrogen) atoms. The third kappa shape index (κ3) is 2.66. The second kappa shape index (κ2) is 5.78. The van der Waals surface area contributed by atoms with E-state index in [4.69, 9.17) is 5.41 Å². The van der Waals surface area contributed by atoms with Gasteiger partial charge in [-0.05, 0) is 23.3 Å². The number of aromatic nitrogens is 2. The zero-order valence-electron chi connectivity index (χ0n) is 12.6. The summed E-state index contributed by atoms with van der Waals surface area (Å²) in [4.78, 5) is 8.71. The van der Waals surface area contributed by atoms with Gasteiger partial charge in [0, 0.05) is 37.1 Å². The van der Waals surface area contributed by atoms with Crippen LogP contribution in [-0.4, -0.2) is 28.8 Å². The minimum absolute atomic E-state index is 0.229. The topological polar surface area (TPSA) is 73.7 Å². The van der Waals surface area contributed by atoms with E-state index in [0.717, 1.165) is 18.8 Å². The Morgan fingerprint density at radius 2 is 1.87 bits per heavy atom. The van der Waals surface area contributed by atoms with Crippen molar-refractivity contribution in [1.29, 1.82) is 5.41 Å². The van der Waals surface area contributed by atoms with Gasteiger partial charge in [0.15, 0.2) is 5.82 Å². The van der Waals surface area contributed by atoms with Crippen LogP contribution in [0.25, 0.3) is 5.57 Å². The zero-order chi connectivity index (χ0) is 15.6. The van der Waals surface area contributed by atoms with Crippen molar-refractivity contribution in [2.45, 2.75) is 0 Å². The molecule has 1 fully saturated rings. The molecule has 0 amide bonds. The quantitative estimate of drug-likeness (QED) is 0.743. The van der Waals surface area contributed by atoms with Gasteiger partial charge in [-0.2, -0.15) is 0 Å². The fraction of sp³-hybridized carbons (Fsp3) is 0.167. The number of allylic oxidation sites excluding steroid dienone is 4. The lowest BCUT2D eigenvalue weighted by Gasteiger charge is -2.27. The van der Waals surface area contributed by atoms with Crippen molar-refractivity contribution >= 4 is 22.8 Å². The Morgan fingerprint density at radius 3 is 2.48 bits per heavy atom. The summed E-state index contributed by atoms with van der Waals surface area (Å²) >= 11 is 0. The molecule has 0 radical (unpaired) electrons. The van der Waals surface area contributed by atoms with E-state index in [1.54, 1.807) is 12.4 Å². The Morgan fingerprint density at radius 1 is 1.13 bits per heavy atom. The summed E-state index contributed by atoms with van der Waals surface area (Å²) in [5, 5.41) is 14.8. The van der Waals surface area contributed by atoms with Gasteiger partial charge in [0.2, 0.25) is 0 Å². The highest BCUT2D eigenvalue weighted by Gasteiger charge is 2.25. The molecule has 3 N–H and O–H groups in total. The highest BCUT2D eigenvalue weighted by molar-refractivity contribution is 6.03. The maximum Gasteiger partial charge on any atom is 0.158 e. The van der Waals surface area contributed by atoms with Crippen LogP contribution in [0.2, 0.25) is 0 Å². The third-order valence-corrected chi connectivity index (χ3v) is 4.18. The van der Waals surface area contributed by atoms with E-state index in [0.29, 0.717) is 17.2 Å². The van der Waals surface area contributed by atoms with Crippen molar-refractivity contribution in [2.24, 2.45) is 5.92 Å². The molecule has 5 heteroatoms. The van der Waals surface area contributed by atoms with Crippen LogP contribution in [0.4, 0.5) is 11.5 Å². The van der Waals surface area contributed by atoms with Crippen molar-refractivity contribution in [3.8, 4) is 0 Å². The molecule has 114 valence electrons. The Kier molecular flexibility index (Phi) is 3.48. The first kappa shape index (κ1) is 13.8. The summed E-state index contributed by atoms with van der Waals surface area (Å²) in [6.07, 6.45) is 9.51. The van der Waals surface area contributed by atoms with Crippen molar-refractivity contribution in [1.82, 2.24) is 15.3 Å². The SMILES string of the molecule is N=C(c1nccnc1Nc1ccc(C2=CC=C2)cc1)C1CNC1. The molecule has 0 atom stereocenters. The van der Waals surface area contributed by atoms with Crippen molar-refractivity contribution in [3.05, 3.63) is 66.1 Å². The Labute approximate surface area is 134 Å².